The Kier molecular flexibility index (Phi) is 5.40. The zero-order valence-electron chi connectivity index (χ0n) is 8.83. The van der Waals surface area contributed by atoms with Crippen LogP contribution in [0.3, 0.4) is 0 Å². The van der Waals surface area contributed by atoms with E-state index < -0.39 is 0 Å². The summed E-state index contributed by atoms with van der Waals surface area (Å²) in [6.45, 7) is 2.23. The molecule has 0 aliphatic heterocycles. The van der Waals surface area contributed by atoms with Crippen LogP contribution in [0.4, 0.5) is 0 Å². The van der Waals surface area contributed by atoms with E-state index in [0.29, 0.717) is 12.2 Å². The van der Waals surface area contributed by atoms with Crippen molar-refractivity contribution in [1.82, 2.24) is 0 Å². The molecule has 0 spiro atoms. The largest absolute Gasteiger partial charge is 0.462 e. The van der Waals surface area contributed by atoms with Gasteiger partial charge in [-0.3, -0.25) is 0 Å². The number of carbonyl (C=O) groups is 1. The number of benzene rings is 1. The van der Waals surface area contributed by atoms with Crippen molar-refractivity contribution in [2.75, 3.05) is 11.9 Å². The van der Waals surface area contributed by atoms with E-state index in [-0.39, 0.29) is 5.97 Å². The molecule has 0 atom stereocenters. The van der Waals surface area contributed by atoms with Crippen LogP contribution in [-0.2, 0) is 11.2 Å². The standard InChI is InChI=1S/C12H15BrO2/c1-2-15-12(14)11-7-3-5-10(9-11)6-4-8-13/h3,5,7,9H,2,4,6,8H2,1H3. The monoisotopic (exact) mass is 270 g/mol. The SMILES string of the molecule is CCOC(=O)c1cccc(CCCBr)c1. The minimum Gasteiger partial charge on any atom is -0.462 e. The molecule has 0 aliphatic rings. The molecule has 2 nitrogen and oxygen atoms in total. The summed E-state index contributed by atoms with van der Waals surface area (Å²) in [4.78, 5) is 11.4. The van der Waals surface area contributed by atoms with Crippen LogP contribution in [0.25, 0.3) is 0 Å². The van der Waals surface area contributed by atoms with Crippen molar-refractivity contribution >= 4 is 21.9 Å². The number of alkyl halides is 1. The molecule has 1 rings (SSSR count). The smallest absolute Gasteiger partial charge is 0.338 e. The highest BCUT2D eigenvalue weighted by Gasteiger charge is 2.06. The van der Waals surface area contributed by atoms with Gasteiger partial charge in [-0.2, -0.15) is 0 Å². The average Bonchev–Trinajstić information content (AvgIpc) is 2.27. The Balaban J connectivity index is 2.69. The molecule has 0 N–H and O–H groups in total. The summed E-state index contributed by atoms with van der Waals surface area (Å²) >= 11 is 3.39. The van der Waals surface area contributed by atoms with Crippen molar-refractivity contribution in [1.29, 1.82) is 0 Å². The van der Waals surface area contributed by atoms with E-state index in [2.05, 4.69) is 15.9 Å². The zero-order valence-corrected chi connectivity index (χ0v) is 10.4. The molecule has 3 heteroatoms. The highest BCUT2D eigenvalue weighted by Crippen LogP contribution is 2.09. The second-order valence-corrected chi connectivity index (χ2v) is 4.01. The fraction of sp³-hybridized carbons (Fsp3) is 0.417. The Bertz CT molecular complexity index is 323. The van der Waals surface area contributed by atoms with E-state index in [4.69, 9.17) is 4.74 Å². The average molecular weight is 271 g/mol. The third-order valence-corrected chi connectivity index (χ3v) is 2.60. The lowest BCUT2D eigenvalue weighted by molar-refractivity contribution is 0.0526. The first-order valence-corrected chi connectivity index (χ1v) is 6.22. The molecule has 0 radical (unpaired) electrons. The van der Waals surface area contributed by atoms with Gasteiger partial charge in [0.2, 0.25) is 0 Å². The number of ether oxygens (including phenoxy) is 1. The van der Waals surface area contributed by atoms with Crippen LogP contribution in [0, 0.1) is 0 Å². The second kappa shape index (κ2) is 6.62. The van der Waals surface area contributed by atoms with Crippen LogP contribution in [0.2, 0.25) is 0 Å². The highest BCUT2D eigenvalue weighted by atomic mass is 79.9. The Morgan fingerprint density at radius 1 is 1.47 bits per heavy atom. The molecule has 0 fully saturated rings. The third kappa shape index (κ3) is 4.04. The van der Waals surface area contributed by atoms with E-state index in [1.165, 1.54) is 5.56 Å². The number of rotatable bonds is 5. The van der Waals surface area contributed by atoms with Gasteiger partial charge in [-0.25, -0.2) is 4.79 Å². The Morgan fingerprint density at radius 3 is 2.93 bits per heavy atom. The number of hydrogen-bond acceptors (Lipinski definition) is 2. The predicted molar refractivity (Wildman–Crippen MR) is 64.5 cm³/mol. The number of halogens is 1. The van der Waals surface area contributed by atoms with Gasteiger partial charge in [0.25, 0.3) is 0 Å². The molecule has 0 aromatic heterocycles. The molecule has 0 heterocycles. The second-order valence-electron chi connectivity index (χ2n) is 3.21. The molecule has 82 valence electrons. The van der Waals surface area contributed by atoms with Gasteiger partial charge in [0.1, 0.15) is 0 Å². The van der Waals surface area contributed by atoms with Gasteiger partial charge in [-0.15, -0.1) is 0 Å². The first kappa shape index (κ1) is 12.2. The fourth-order valence-corrected chi connectivity index (χ4v) is 1.62. The number of esters is 1. The van der Waals surface area contributed by atoms with Gasteiger partial charge in [-0.05, 0) is 37.5 Å². The van der Waals surface area contributed by atoms with Crippen molar-refractivity contribution in [3.63, 3.8) is 0 Å². The maximum atomic E-state index is 11.4. The normalized spacial score (nSPS) is 10.0. The molecule has 0 unspecified atom stereocenters. The molecule has 1 aromatic carbocycles. The Labute approximate surface area is 98.8 Å². The van der Waals surface area contributed by atoms with Gasteiger partial charge in [0.15, 0.2) is 0 Å². The summed E-state index contributed by atoms with van der Waals surface area (Å²) in [5, 5.41) is 0.983. The number of hydrogen-bond donors (Lipinski definition) is 0. The first-order valence-electron chi connectivity index (χ1n) is 5.10. The summed E-state index contributed by atoms with van der Waals surface area (Å²) in [5.41, 5.74) is 1.82. The summed E-state index contributed by atoms with van der Waals surface area (Å²) in [7, 11) is 0. The van der Waals surface area contributed by atoms with Crippen LogP contribution < -0.4 is 0 Å². The summed E-state index contributed by atoms with van der Waals surface area (Å²) in [6, 6.07) is 7.62. The van der Waals surface area contributed by atoms with E-state index >= 15 is 0 Å². The lowest BCUT2D eigenvalue weighted by Gasteiger charge is -2.04. The highest BCUT2D eigenvalue weighted by molar-refractivity contribution is 9.09. The summed E-state index contributed by atoms with van der Waals surface area (Å²) in [6.07, 6.45) is 2.06. The molecular weight excluding hydrogens is 256 g/mol. The maximum Gasteiger partial charge on any atom is 0.338 e. The van der Waals surface area contributed by atoms with Crippen molar-refractivity contribution in [3.8, 4) is 0 Å². The fourth-order valence-electron chi connectivity index (χ4n) is 1.34. The minimum absolute atomic E-state index is 0.238. The lowest BCUT2D eigenvalue weighted by atomic mass is 10.1. The van der Waals surface area contributed by atoms with E-state index in [1.54, 1.807) is 6.07 Å². The van der Waals surface area contributed by atoms with Crippen LogP contribution in [0.5, 0.6) is 0 Å². The lowest BCUT2D eigenvalue weighted by Crippen LogP contribution is -2.04. The molecule has 0 aliphatic carbocycles. The number of carbonyl (C=O) groups excluding carboxylic acids is 1. The molecule has 0 saturated carbocycles. The van der Waals surface area contributed by atoms with Gasteiger partial charge < -0.3 is 4.74 Å². The van der Waals surface area contributed by atoms with Crippen molar-refractivity contribution in [2.24, 2.45) is 0 Å². The first-order chi connectivity index (χ1) is 7.27. The Hall–Kier alpha value is -0.830. The quantitative estimate of drug-likeness (QED) is 0.607. The Morgan fingerprint density at radius 2 is 2.27 bits per heavy atom. The molecule has 0 bridgehead atoms. The molecular formula is C12H15BrO2. The van der Waals surface area contributed by atoms with Gasteiger partial charge in [-0.1, -0.05) is 28.1 Å². The maximum absolute atomic E-state index is 11.4. The van der Waals surface area contributed by atoms with Crippen molar-refractivity contribution < 1.29 is 9.53 Å². The van der Waals surface area contributed by atoms with Gasteiger partial charge in [0, 0.05) is 5.33 Å². The third-order valence-electron chi connectivity index (χ3n) is 2.04. The van der Waals surface area contributed by atoms with Crippen LogP contribution in [0.15, 0.2) is 24.3 Å². The van der Waals surface area contributed by atoms with Crippen molar-refractivity contribution in [2.45, 2.75) is 19.8 Å². The van der Waals surface area contributed by atoms with Crippen LogP contribution in [0.1, 0.15) is 29.3 Å². The molecule has 1 aromatic rings. The zero-order chi connectivity index (χ0) is 11.1. The summed E-state index contributed by atoms with van der Waals surface area (Å²) in [5.74, 6) is -0.238. The molecule has 0 saturated heterocycles. The van der Waals surface area contributed by atoms with Gasteiger partial charge in [0.05, 0.1) is 12.2 Å². The summed E-state index contributed by atoms with van der Waals surface area (Å²) < 4.78 is 4.94. The van der Waals surface area contributed by atoms with E-state index in [0.717, 1.165) is 18.2 Å². The van der Waals surface area contributed by atoms with Gasteiger partial charge >= 0.3 is 5.97 Å². The van der Waals surface area contributed by atoms with E-state index in [9.17, 15) is 4.79 Å². The van der Waals surface area contributed by atoms with Crippen LogP contribution >= 0.6 is 15.9 Å². The molecule has 0 amide bonds. The van der Waals surface area contributed by atoms with E-state index in [1.807, 2.05) is 25.1 Å². The van der Waals surface area contributed by atoms with Crippen molar-refractivity contribution in [3.05, 3.63) is 35.4 Å². The number of aryl methyl sites for hydroxylation is 1. The molecule has 15 heavy (non-hydrogen) atoms. The predicted octanol–water partition coefficient (Wildman–Crippen LogP) is 3.19. The minimum atomic E-state index is -0.238. The topological polar surface area (TPSA) is 26.3 Å². The van der Waals surface area contributed by atoms with Crippen LogP contribution in [-0.4, -0.2) is 17.9 Å².